The van der Waals surface area contributed by atoms with Gasteiger partial charge in [0.25, 0.3) is 0 Å². The Balaban J connectivity index is 1.76. The number of methoxy groups -OCH3 is 1. The highest BCUT2D eigenvalue weighted by molar-refractivity contribution is 4.92. The van der Waals surface area contributed by atoms with E-state index >= 15 is 0 Å². The van der Waals surface area contributed by atoms with E-state index in [1.165, 1.54) is 32.1 Å². The van der Waals surface area contributed by atoms with Gasteiger partial charge in [0, 0.05) is 25.2 Å². The van der Waals surface area contributed by atoms with Crippen LogP contribution in [0.2, 0.25) is 0 Å². The molecule has 2 aliphatic rings. The Hall–Kier alpha value is -0.120. The standard InChI is InChI=1S/C13H26N2O/c1-15(2)12-7-6-11(8-12)14-13(9-16-3)10-4-5-10/h10-14H,4-9H2,1-3H3. The van der Waals surface area contributed by atoms with Crippen LogP contribution in [-0.2, 0) is 4.74 Å². The molecule has 2 fully saturated rings. The highest BCUT2D eigenvalue weighted by atomic mass is 16.5. The lowest BCUT2D eigenvalue weighted by atomic mass is 10.1. The molecule has 3 heteroatoms. The van der Waals surface area contributed by atoms with Gasteiger partial charge in [0.1, 0.15) is 0 Å². The molecule has 2 rings (SSSR count). The molecular weight excluding hydrogens is 200 g/mol. The van der Waals surface area contributed by atoms with E-state index in [-0.39, 0.29) is 0 Å². The fraction of sp³-hybridized carbons (Fsp3) is 1.00. The van der Waals surface area contributed by atoms with Gasteiger partial charge in [-0.3, -0.25) is 0 Å². The van der Waals surface area contributed by atoms with Crippen molar-refractivity contribution >= 4 is 0 Å². The number of hydrogen-bond donors (Lipinski definition) is 1. The summed E-state index contributed by atoms with van der Waals surface area (Å²) >= 11 is 0. The molecule has 0 aromatic carbocycles. The van der Waals surface area contributed by atoms with E-state index in [4.69, 9.17) is 4.74 Å². The lowest BCUT2D eigenvalue weighted by molar-refractivity contribution is 0.150. The smallest absolute Gasteiger partial charge is 0.0618 e. The minimum atomic E-state index is 0.607. The average molecular weight is 226 g/mol. The molecule has 0 aromatic rings. The van der Waals surface area contributed by atoms with E-state index in [1.807, 2.05) is 7.11 Å². The van der Waals surface area contributed by atoms with Crippen molar-refractivity contribution in [3.63, 3.8) is 0 Å². The summed E-state index contributed by atoms with van der Waals surface area (Å²) in [5.74, 6) is 0.887. The Bertz CT molecular complexity index is 216. The minimum absolute atomic E-state index is 0.607. The van der Waals surface area contributed by atoms with E-state index in [0.717, 1.165) is 18.6 Å². The van der Waals surface area contributed by atoms with E-state index in [1.54, 1.807) is 0 Å². The first-order valence-electron chi connectivity index (χ1n) is 6.62. The highest BCUT2D eigenvalue weighted by Crippen LogP contribution is 2.34. The largest absolute Gasteiger partial charge is 0.383 e. The molecule has 0 aromatic heterocycles. The van der Waals surface area contributed by atoms with Crippen LogP contribution < -0.4 is 5.32 Å². The number of nitrogens with one attached hydrogen (secondary N) is 1. The molecule has 0 spiro atoms. The van der Waals surface area contributed by atoms with Gasteiger partial charge >= 0.3 is 0 Å². The Labute approximate surface area is 99.5 Å². The Morgan fingerprint density at radius 3 is 2.50 bits per heavy atom. The summed E-state index contributed by atoms with van der Waals surface area (Å²) in [4.78, 5) is 2.37. The van der Waals surface area contributed by atoms with Crippen LogP contribution in [0.3, 0.4) is 0 Å². The van der Waals surface area contributed by atoms with Gasteiger partial charge < -0.3 is 15.0 Å². The molecule has 0 radical (unpaired) electrons. The van der Waals surface area contributed by atoms with Gasteiger partial charge in [-0.15, -0.1) is 0 Å². The van der Waals surface area contributed by atoms with E-state index < -0.39 is 0 Å². The maximum atomic E-state index is 5.32. The fourth-order valence-corrected chi connectivity index (χ4v) is 2.88. The molecule has 3 nitrogen and oxygen atoms in total. The maximum absolute atomic E-state index is 5.32. The quantitative estimate of drug-likeness (QED) is 0.742. The number of hydrogen-bond acceptors (Lipinski definition) is 3. The van der Waals surface area contributed by atoms with Crippen molar-refractivity contribution in [3.8, 4) is 0 Å². The summed E-state index contributed by atoms with van der Waals surface area (Å²) in [7, 11) is 6.20. The zero-order valence-corrected chi connectivity index (χ0v) is 10.9. The summed E-state index contributed by atoms with van der Waals surface area (Å²) < 4.78 is 5.32. The van der Waals surface area contributed by atoms with Crippen LogP contribution in [0.5, 0.6) is 0 Å². The maximum Gasteiger partial charge on any atom is 0.0618 e. The van der Waals surface area contributed by atoms with Gasteiger partial charge in [-0.05, 0) is 52.1 Å². The van der Waals surface area contributed by atoms with Crippen LogP contribution in [0.15, 0.2) is 0 Å². The van der Waals surface area contributed by atoms with Crippen molar-refractivity contribution in [1.29, 1.82) is 0 Å². The van der Waals surface area contributed by atoms with Gasteiger partial charge in [0.2, 0.25) is 0 Å². The fourth-order valence-electron chi connectivity index (χ4n) is 2.88. The summed E-state index contributed by atoms with van der Waals surface area (Å²) in [6, 6.07) is 2.10. The van der Waals surface area contributed by atoms with E-state index in [0.29, 0.717) is 12.1 Å². The van der Waals surface area contributed by atoms with Crippen LogP contribution in [0.1, 0.15) is 32.1 Å². The van der Waals surface area contributed by atoms with Crippen LogP contribution in [-0.4, -0.2) is 50.8 Å². The number of nitrogens with zero attached hydrogens (tertiary/aromatic N) is 1. The number of rotatable bonds is 6. The average Bonchev–Trinajstić information content (AvgIpc) is 2.98. The molecule has 2 saturated carbocycles. The van der Waals surface area contributed by atoms with Crippen molar-refractivity contribution in [3.05, 3.63) is 0 Å². The summed E-state index contributed by atoms with van der Waals surface area (Å²) in [6.45, 7) is 0.883. The second kappa shape index (κ2) is 5.48. The Morgan fingerprint density at radius 1 is 1.25 bits per heavy atom. The molecule has 3 atom stereocenters. The lowest BCUT2D eigenvalue weighted by Gasteiger charge is -2.23. The Morgan fingerprint density at radius 2 is 2.00 bits per heavy atom. The third-order valence-electron chi connectivity index (χ3n) is 4.12. The predicted molar refractivity (Wildman–Crippen MR) is 66.6 cm³/mol. The Kier molecular flexibility index (Phi) is 4.22. The van der Waals surface area contributed by atoms with E-state index in [9.17, 15) is 0 Å². The summed E-state index contributed by atoms with van der Waals surface area (Å²) in [6.07, 6.45) is 6.76. The van der Waals surface area contributed by atoms with Crippen LogP contribution >= 0.6 is 0 Å². The third-order valence-corrected chi connectivity index (χ3v) is 4.12. The first-order chi connectivity index (χ1) is 7.70. The van der Waals surface area contributed by atoms with Crippen molar-refractivity contribution in [2.75, 3.05) is 27.8 Å². The molecular formula is C13H26N2O. The summed E-state index contributed by atoms with van der Waals surface area (Å²) in [5.41, 5.74) is 0. The molecule has 0 aliphatic heterocycles. The van der Waals surface area contributed by atoms with Gasteiger partial charge in [-0.25, -0.2) is 0 Å². The van der Waals surface area contributed by atoms with E-state index in [2.05, 4.69) is 24.3 Å². The second-order valence-electron chi connectivity index (χ2n) is 5.69. The van der Waals surface area contributed by atoms with Crippen LogP contribution in [0.4, 0.5) is 0 Å². The normalized spacial score (nSPS) is 32.2. The molecule has 94 valence electrons. The van der Waals surface area contributed by atoms with Crippen molar-refractivity contribution in [2.45, 2.75) is 50.2 Å². The SMILES string of the molecule is COCC(NC1CCC(N(C)C)C1)C1CC1. The molecule has 3 unspecified atom stereocenters. The van der Waals surface area contributed by atoms with Crippen LogP contribution in [0.25, 0.3) is 0 Å². The molecule has 0 saturated heterocycles. The zero-order valence-electron chi connectivity index (χ0n) is 10.9. The van der Waals surface area contributed by atoms with Crippen molar-refractivity contribution < 1.29 is 4.74 Å². The van der Waals surface area contributed by atoms with Gasteiger partial charge in [-0.2, -0.15) is 0 Å². The molecule has 16 heavy (non-hydrogen) atoms. The van der Waals surface area contributed by atoms with Gasteiger partial charge in [-0.1, -0.05) is 0 Å². The molecule has 2 aliphatic carbocycles. The number of ether oxygens (including phenoxy) is 1. The van der Waals surface area contributed by atoms with Crippen LogP contribution in [0, 0.1) is 5.92 Å². The summed E-state index contributed by atoms with van der Waals surface area (Å²) in [5, 5.41) is 3.81. The molecule has 0 amide bonds. The highest BCUT2D eigenvalue weighted by Gasteiger charge is 2.34. The lowest BCUT2D eigenvalue weighted by Crippen LogP contribution is -2.42. The monoisotopic (exact) mass is 226 g/mol. The third kappa shape index (κ3) is 3.19. The van der Waals surface area contributed by atoms with Crippen molar-refractivity contribution in [1.82, 2.24) is 10.2 Å². The first kappa shape index (κ1) is 12.3. The van der Waals surface area contributed by atoms with Gasteiger partial charge in [0.15, 0.2) is 0 Å². The van der Waals surface area contributed by atoms with Gasteiger partial charge in [0.05, 0.1) is 6.61 Å². The molecule has 0 heterocycles. The zero-order chi connectivity index (χ0) is 11.5. The second-order valence-corrected chi connectivity index (χ2v) is 5.69. The molecule has 0 bridgehead atoms. The topological polar surface area (TPSA) is 24.5 Å². The molecule has 1 N–H and O–H groups in total. The van der Waals surface area contributed by atoms with Crippen molar-refractivity contribution in [2.24, 2.45) is 5.92 Å². The first-order valence-corrected chi connectivity index (χ1v) is 6.62. The minimum Gasteiger partial charge on any atom is -0.383 e. The predicted octanol–water partition coefficient (Wildman–Crippen LogP) is 1.48.